The summed E-state index contributed by atoms with van der Waals surface area (Å²) < 4.78 is 5.45. The van der Waals surface area contributed by atoms with Crippen LogP contribution in [0.2, 0.25) is 0 Å². The Morgan fingerprint density at radius 3 is 3.00 bits per heavy atom. The lowest BCUT2D eigenvalue weighted by molar-refractivity contribution is 0.402. The Bertz CT molecular complexity index is 348. The van der Waals surface area contributed by atoms with Crippen LogP contribution in [0.3, 0.4) is 0 Å². The number of benzene rings is 1. The molecule has 88 valence electrons. The van der Waals surface area contributed by atoms with Crippen LogP contribution in [-0.4, -0.2) is 25.2 Å². The molecule has 0 aliphatic carbocycles. The molecule has 0 saturated carbocycles. The molecule has 2 rings (SSSR count). The molecule has 0 spiro atoms. The van der Waals surface area contributed by atoms with Crippen LogP contribution in [0.1, 0.15) is 24.1 Å². The second-order valence-electron chi connectivity index (χ2n) is 4.01. The summed E-state index contributed by atoms with van der Waals surface area (Å²) in [5.74, 6) is 3.37. The molecule has 0 radical (unpaired) electrons. The van der Waals surface area contributed by atoms with E-state index in [0.717, 1.165) is 24.5 Å². The fourth-order valence-electron chi connectivity index (χ4n) is 2.04. The van der Waals surface area contributed by atoms with Gasteiger partial charge in [0, 0.05) is 29.7 Å². The van der Waals surface area contributed by atoms with Gasteiger partial charge in [-0.1, -0.05) is 19.1 Å². The van der Waals surface area contributed by atoms with Crippen LogP contribution in [0.5, 0.6) is 5.75 Å². The monoisotopic (exact) mass is 237 g/mol. The van der Waals surface area contributed by atoms with Gasteiger partial charge in [-0.3, -0.25) is 0 Å². The summed E-state index contributed by atoms with van der Waals surface area (Å²) in [5.41, 5.74) is 2.70. The first-order valence-electron chi connectivity index (χ1n) is 5.83. The standard InChI is InChI=1S/C13H19NOS/c1-3-10-4-5-13(15-2)11(8-10)12-9-16-7-6-14-12/h4-5,8,12,14H,3,6-7,9H2,1-2H3. The van der Waals surface area contributed by atoms with Crippen LogP contribution in [0.4, 0.5) is 0 Å². The maximum atomic E-state index is 5.45. The SMILES string of the molecule is CCc1ccc(OC)c(C2CSCCN2)c1. The molecular formula is C13H19NOS. The van der Waals surface area contributed by atoms with E-state index in [4.69, 9.17) is 4.74 Å². The van der Waals surface area contributed by atoms with Gasteiger partial charge in [0.1, 0.15) is 5.75 Å². The smallest absolute Gasteiger partial charge is 0.123 e. The van der Waals surface area contributed by atoms with Crippen molar-refractivity contribution in [3.8, 4) is 5.75 Å². The van der Waals surface area contributed by atoms with Gasteiger partial charge in [0.2, 0.25) is 0 Å². The topological polar surface area (TPSA) is 21.3 Å². The second kappa shape index (κ2) is 5.60. The van der Waals surface area contributed by atoms with E-state index < -0.39 is 0 Å². The number of ether oxygens (including phenoxy) is 1. The minimum Gasteiger partial charge on any atom is -0.496 e. The summed E-state index contributed by atoms with van der Waals surface area (Å²) in [6, 6.07) is 6.97. The molecule has 1 heterocycles. The van der Waals surface area contributed by atoms with Crippen molar-refractivity contribution < 1.29 is 4.74 Å². The Morgan fingerprint density at radius 2 is 2.38 bits per heavy atom. The lowest BCUT2D eigenvalue weighted by Crippen LogP contribution is -2.30. The third kappa shape index (κ3) is 2.53. The van der Waals surface area contributed by atoms with Crippen molar-refractivity contribution in [1.29, 1.82) is 0 Å². The zero-order valence-corrected chi connectivity index (χ0v) is 10.8. The van der Waals surface area contributed by atoms with Gasteiger partial charge >= 0.3 is 0 Å². The molecule has 0 amide bonds. The number of thioether (sulfide) groups is 1. The molecule has 1 saturated heterocycles. The van der Waals surface area contributed by atoms with Crippen molar-refractivity contribution in [2.75, 3.05) is 25.2 Å². The summed E-state index contributed by atoms with van der Waals surface area (Å²) in [4.78, 5) is 0. The van der Waals surface area contributed by atoms with Crippen LogP contribution < -0.4 is 10.1 Å². The van der Waals surface area contributed by atoms with Gasteiger partial charge in [-0.25, -0.2) is 0 Å². The summed E-state index contributed by atoms with van der Waals surface area (Å²) in [6.07, 6.45) is 1.08. The van der Waals surface area contributed by atoms with Crippen molar-refractivity contribution in [3.05, 3.63) is 29.3 Å². The van der Waals surface area contributed by atoms with E-state index in [-0.39, 0.29) is 0 Å². The van der Waals surface area contributed by atoms with Crippen LogP contribution >= 0.6 is 11.8 Å². The number of hydrogen-bond acceptors (Lipinski definition) is 3. The van der Waals surface area contributed by atoms with E-state index in [1.807, 2.05) is 11.8 Å². The Labute approximate surface area is 102 Å². The molecule has 2 nitrogen and oxygen atoms in total. The molecule has 1 unspecified atom stereocenters. The lowest BCUT2D eigenvalue weighted by Gasteiger charge is -2.25. The first-order chi connectivity index (χ1) is 7.85. The summed E-state index contributed by atoms with van der Waals surface area (Å²) >= 11 is 2.01. The molecule has 1 fully saturated rings. The largest absolute Gasteiger partial charge is 0.496 e. The first kappa shape index (κ1) is 11.8. The number of rotatable bonds is 3. The third-order valence-corrected chi connectivity index (χ3v) is 4.06. The average Bonchev–Trinajstić information content (AvgIpc) is 2.39. The number of nitrogens with one attached hydrogen (secondary N) is 1. The molecule has 3 heteroatoms. The van der Waals surface area contributed by atoms with E-state index in [2.05, 4.69) is 30.4 Å². The molecule has 1 aromatic carbocycles. The maximum Gasteiger partial charge on any atom is 0.123 e. The van der Waals surface area contributed by atoms with Gasteiger partial charge in [-0.2, -0.15) is 11.8 Å². The van der Waals surface area contributed by atoms with Gasteiger partial charge in [0.05, 0.1) is 7.11 Å². The maximum absolute atomic E-state index is 5.45. The molecule has 1 N–H and O–H groups in total. The molecule has 16 heavy (non-hydrogen) atoms. The highest BCUT2D eigenvalue weighted by atomic mass is 32.2. The highest BCUT2D eigenvalue weighted by molar-refractivity contribution is 7.99. The lowest BCUT2D eigenvalue weighted by atomic mass is 10.0. The minimum atomic E-state index is 0.445. The minimum absolute atomic E-state index is 0.445. The van der Waals surface area contributed by atoms with Gasteiger partial charge in [0.15, 0.2) is 0 Å². The number of methoxy groups -OCH3 is 1. The molecule has 1 aliphatic rings. The zero-order valence-electron chi connectivity index (χ0n) is 9.95. The van der Waals surface area contributed by atoms with E-state index in [9.17, 15) is 0 Å². The van der Waals surface area contributed by atoms with Gasteiger partial charge in [-0.05, 0) is 18.1 Å². The van der Waals surface area contributed by atoms with Gasteiger partial charge in [-0.15, -0.1) is 0 Å². The van der Waals surface area contributed by atoms with Crippen LogP contribution in [-0.2, 0) is 6.42 Å². The van der Waals surface area contributed by atoms with Crippen molar-refractivity contribution >= 4 is 11.8 Å². The normalized spacial score (nSPS) is 20.8. The van der Waals surface area contributed by atoms with E-state index in [1.54, 1.807) is 7.11 Å². The van der Waals surface area contributed by atoms with Gasteiger partial charge < -0.3 is 10.1 Å². The van der Waals surface area contributed by atoms with Gasteiger partial charge in [0.25, 0.3) is 0 Å². The third-order valence-electron chi connectivity index (χ3n) is 3.00. The fourth-order valence-corrected chi connectivity index (χ4v) is 3.00. The molecule has 0 bridgehead atoms. The van der Waals surface area contributed by atoms with E-state index in [1.165, 1.54) is 16.9 Å². The molecule has 1 aliphatic heterocycles. The Kier molecular flexibility index (Phi) is 4.13. The van der Waals surface area contributed by atoms with Crippen molar-refractivity contribution in [2.45, 2.75) is 19.4 Å². The van der Waals surface area contributed by atoms with Crippen LogP contribution in [0.15, 0.2) is 18.2 Å². The average molecular weight is 237 g/mol. The zero-order chi connectivity index (χ0) is 11.4. The van der Waals surface area contributed by atoms with Crippen molar-refractivity contribution in [1.82, 2.24) is 5.32 Å². The van der Waals surface area contributed by atoms with Crippen molar-refractivity contribution in [3.63, 3.8) is 0 Å². The quantitative estimate of drug-likeness (QED) is 0.873. The highest BCUT2D eigenvalue weighted by Crippen LogP contribution is 2.30. The van der Waals surface area contributed by atoms with Crippen LogP contribution in [0.25, 0.3) is 0 Å². The molecule has 1 atom stereocenters. The van der Waals surface area contributed by atoms with E-state index in [0.29, 0.717) is 6.04 Å². The Balaban J connectivity index is 2.27. The molecular weight excluding hydrogens is 218 g/mol. The van der Waals surface area contributed by atoms with E-state index >= 15 is 0 Å². The first-order valence-corrected chi connectivity index (χ1v) is 6.98. The predicted molar refractivity (Wildman–Crippen MR) is 70.4 cm³/mol. The Morgan fingerprint density at radius 1 is 1.50 bits per heavy atom. The summed E-state index contributed by atoms with van der Waals surface area (Å²) in [6.45, 7) is 3.28. The Hall–Kier alpha value is -0.670. The number of hydrogen-bond donors (Lipinski definition) is 1. The number of aryl methyl sites for hydroxylation is 1. The molecule has 0 aromatic heterocycles. The second-order valence-corrected chi connectivity index (χ2v) is 5.16. The summed E-state index contributed by atoms with van der Waals surface area (Å²) in [5, 5.41) is 3.56. The highest BCUT2D eigenvalue weighted by Gasteiger charge is 2.18. The fraction of sp³-hybridized carbons (Fsp3) is 0.538. The summed E-state index contributed by atoms with van der Waals surface area (Å²) in [7, 11) is 1.75. The molecule has 1 aromatic rings. The van der Waals surface area contributed by atoms with Crippen LogP contribution in [0, 0.1) is 0 Å². The predicted octanol–water partition coefficient (Wildman–Crippen LogP) is 2.64. The van der Waals surface area contributed by atoms with Crippen molar-refractivity contribution in [2.24, 2.45) is 0 Å².